The number of hydrogen-bond donors (Lipinski definition) is 2. The first-order valence-corrected chi connectivity index (χ1v) is 5.94. The highest BCUT2D eigenvalue weighted by Crippen LogP contribution is 2.13. The third kappa shape index (κ3) is 2.14. The standard InChI is InChI=1S/C10H11N3O3S/c1-2-6-8(14)12-10(16)13(9(6)15)5-7-11-3-4-17-7/h3-4,15H,2,5H2,1H3,(H,12,14,16). The van der Waals surface area contributed by atoms with Crippen molar-refractivity contribution < 1.29 is 5.11 Å². The summed E-state index contributed by atoms with van der Waals surface area (Å²) in [5.41, 5.74) is -0.952. The Bertz CT molecular complexity index is 627. The van der Waals surface area contributed by atoms with Crippen LogP contribution in [0.2, 0.25) is 0 Å². The van der Waals surface area contributed by atoms with Crippen LogP contribution in [0.3, 0.4) is 0 Å². The second-order valence-corrected chi connectivity index (χ2v) is 4.41. The molecule has 0 radical (unpaired) electrons. The Kier molecular flexibility index (Phi) is 3.10. The average Bonchev–Trinajstić information content (AvgIpc) is 2.77. The molecule has 0 unspecified atom stereocenters. The second-order valence-electron chi connectivity index (χ2n) is 3.43. The van der Waals surface area contributed by atoms with Crippen LogP contribution >= 0.6 is 11.3 Å². The number of nitrogens with one attached hydrogen (secondary N) is 1. The highest BCUT2D eigenvalue weighted by molar-refractivity contribution is 7.09. The highest BCUT2D eigenvalue weighted by atomic mass is 32.1. The molecule has 2 heterocycles. The molecule has 2 rings (SSSR count). The van der Waals surface area contributed by atoms with Crippen LogP contribution in [-0.2, 0) is 13.0 Å². The van der Waals surface area contributed by atoms with E-state index in [1.807, 2.05) is 0 Å². The molecule has 0 aliphatic rings. The molecule has 6 nitrogen and oxygen atoms in total. The smallest absolute Gasteiger partial charge is 0.331 e. The molecule has 0 aliphatic carbocycles. The topological polar surface area (TPSA) is 88.0 Å². The number of nitrogens with zero attached hydrogens (tertiary/aromatic N) is 2. The van der Waals surface area contributed by atoms with E-state index in [0.29, 0.717) is 11.4 Å². The number of aromatic nitrogens is 3. The molecule has 0 saturated carbocycles. The summed E-state index contributed by atoms with van der Waals surface area (Å²) in [5.74, 6) is -0.281. The van der Waals surface area contributed by atoms with E-state index in [0.717, 1.165) is 4.57 Å². The minimum Gasteiger partial charge on any atom is -0.494 e. The largest absolute Gasteiger partial charge is 0.494 e. The third-order valence-corrected chi connectivity index (χ3v) is 3.16. The third-order valence-electron chi connectivity index (χ3n) is 2.40. The van der Waals surface area contributed by atoms with Crippen LogP contribution in [0.15, 0.2) is 21.2 Å². The van der Waals surface area contributed by atoms with Gasteiger partial charge in [-0.05, 0) is 6.42 Å². The van der Waals surface area contributed by atoms with Crippen molar-refractivity contribution in [1.29, 1.82) is 0 Å². The Morgan fingerprint density at radius 1 is 1.53 bits per heavy atom. The molecule has 2 aromatic rings. The van der Waals surface area contributed by atoms with E-state index < -0.39 is 11.2 Å². The Labute approximate surface area is 100 Å². The van der Waals surface area contributed by atoms with Gasteiger partial charge in [0, 0.05) is 11.6 Å². The summed E-state index contributed by atoms with van der Waals surface area (Å²) >= 11 is 1.38. The van der Waals surface area contributed by atoms with E-state index >= 15 is 0 Å². The highest BCUT2D eigenvalue weighted by Gasteiger charge is 2.13. The minimum atomic E-state index is -0.625. The monoisotopic (exact) mass is 253 g/mol. The summed E-state index contributed by atoms with van der Waals surface area (Å²) in [5, 5.41) is 12.3. The maximum Gasteiger partial charge on any atom is 0.331 e. The molecule has 7 heteroatoms. The van der Waals surface area contributed by atoms with Gasteiger partial charge in [0.2, 0.25) is 5.88 Å². The van der Waals surface area contributed by atoms with E-state index in [1.54, 1.807) is 18.5 Å². The Balaban J connectivity index is 2.54. The lowest BCUT2D eigenvalue weighted by Crippen LogP contribution is -2.32. The molecule has 0 amide bonds. The first-order valence-electron chi connectivity index (χ1n) is 5.06. The van der Waals surface area contributed by atoms with Crippen LogP contribution in [0.5, 0.6) is 5.88 Å². The lowest BCUT2D eigenvalue weighted by atomic mass is 10.2. The maximum absolute atomic E-state index is 11.6. The van der Waals surface area contributed by atoms with Crippen LogP contribution in [0, 0.1) is 0 Å². The molecular weight excluding hydrogens is 242 g/mol. The normalized spacial score (nSPS) is 10.6. The summed E-state index contributed by atoms with van der Waals surface area (Å²) < 4.78 is 1.11. The molecule has 0 aliphatic heterocycles. The van der Waals surface area contributed by atoms with Crippen molar-refractivity contribution in [1.82, 2.24) is 14.5 Å². The molecular formula is C10H11N3O3S. The SMILES string of the molecule is CCc1c(O)n(Cc2nccs2)c(=O)[nH]c1=O. The van der Waals surface area contributed by atoms with E-state index in [-0.39, 0.29) is 18.0 Å². The molecule has 2 N–H and O–H groups in total. The van der Waals surface area contributed by atoms with Crippen molar-refractivity contribution in [3.63, 3.8) is 0 Å². The van der Waals surface area contributed by atoms with Crippen molar-refractivity contribution in [2.45, 2.75) is 19.9 Å². The number of H-pyrrole nitrogens is 1. The molecule has 0 atom stereocenters. The van der Waals surface area contributed by atoms with Crippen LogP contribution in [0.4, 0.5) is 0 Å². The van der Waals surface area contributed by atoms with E-state index in [4.69, 9.17) is 0 Å². The summed E-state index contributed by atoms with van der Waals surface area (Å²) in [4.78, 5) is 29.2. The van der Waals surface area contributed by atoms with E-state index in [9.17, 15) is 14.7 Å². The predicted octanol–water partition coefficient (Wildman–Crippen LogP) is 0.309. The fraction of sp³-hybridized carbons (Fsp3) is 0.300. The molecule has 0 aromatic carbocycles. The Hall–Kier alpha value is -1.89. The fourth-order valence-electron chi connectivity index (χ4n) is 1.53. The quantitative estimate of drug-likeness (QED) is 0.824. The molecule has 0 saturated heterocycles. The zero-order valence-electron chi connectivity index (χ0n) is 9.14. The zero-order valence-corrected chi connectivity index (χ0v) is 9.95. The van der Waals surface area contributed by atoms with Gasteiger partial charge >= 0.3 is 5.69 Å². The van der Waals surface area contributed by atoms with Gasteiger partial charge in [-0.15, -0.1) is 11.3 Å². The minimum absolute atomic E-state index is 0.159. The van der Waals surface area contributed by atoms with Gasteiger partial charge in [0.15, 0.2) is 0 Å². The second kappa shape index (κ2) is 4.54. The van der Waals surface area contributed by atoms with Gasteiger partial charge in [-0.3, -0.25) is 14.3 Å². The van der Waals surface area contributed by atoms with Gasteiger partial charge in [-0.1, -0.05) is 6.92 Å². The van der Waals surface area contributed by atoms with Crippen LogP contribution in [0.1, 0.15) is 17.5 Å². The lowest BCUT2D eigenvalue weighted by Gasteiger charge is -2.08. The van der Waals surface area contributed by atoms with Crippen LogP contribution in [0.25, 0.3) is 0 Å². The molecule has 17 heavy (non-hydrogen) atoms. The predicted molar refractivity (Wildman–Crippen MR) is 63.6 cm³/mol. The van der Waals surface area contributed by atoms with Gasteiger partial charge < -0.3 is 5.11 Å². The van der Waals surface area contributed by atoms with Gasteiger partial charge in [0.25, 0.3) is 5.56 Å². The maximum atomic E-state index is 11.6. The Morgan fingerprint density at radius 3 is 2.88 bits per heavy atom. The van der Waals surface area contributed by atoms with Crippen molar-refractivity contribution >= 4 is 11.3 Å². The lowest BCUT2D eigenvalue weighted by molar-refractivity contribution is 0.402. The average molecular weight is 253 g/mol. The number of aromatic amines is 1. The summed E-state index contributed by atoms with van der Waals surface area (Å²) in [7, 11) is 0. The summed E-state index contributed by atoms with van der Waals surface area (Å²) in [6.07, 6.45) is 1.98. The molecule has 0 spiro atoms. The first-order chi connectivity index (χ1) is 8.13. The van der Waals surface area contributed by atoms with Gasteiger partial charge in [0.1, 0.15) is 5.01 Å². The van der Waals surface area contributed by atoms with Gasteiger partial charge in [-0.2, -0.15) is 0 Å². The molecule has 2 aromatic heterocycles. The Morgan fingerprint density at radius 2 is 2.29 bits per heavy atom. The summed E-state index contributed by atoms with van der Waals surface area (Å²) in [6.45, 7) is 1.90. The van der Waals surface area contributed by atoms with E-state index in [2.05, 4.69) is 9.97 Å². The van der Waals surface area contributed by atoms with Crippen molar-refractivity contribution in [2.75, 3.05) is 0 Å². The van der Waals surface area contributed by atoms with Crippen LogP contribution in [-0.4, -0.2) is 19.6 Å². The number of hydrogen-bond acceptors (Lipinski definition) is 5. The number of rotatable bonds is 3. The number of aromatic hydroxyl groups is 1. The molecule has 0 bridgehead atoms. The van der Waals surface area contributed by atoms with Gasteiger partial charge in [0.05, 0.1) is 12.1 Å². The van der Waals surface area contributed by atoms with Crippen molar-refractivity contribution in [2.24, 2.45) is 0 Å². The van der Waals surface area contributed by atoms with E-state index in [1.165, 1.54) is 11.3 Å². The zero-order chi connectivity index (χ0) is 12.4. The first kappa shape index (κ1) is 11.6. The summed E-state index contributed by atoms with van der Waals surface area (Å²) in [6, 6.07) is 0. The molecule has 0 fully saturated rings. The van der Waals surface area contributed by atoms with Crippen molar-refractivity contribution in [3.05, 3.63) is 43.0 Å². The number of thiazole rings is 1. The molecule has 90 valence electrons. The van der Waals surface area contributed by atoms with Gasteiger partial charge in [-0.25, -0.2) is 9.78 Å². The van der Waals surface area contributed by atoms with Crippen molar-refractivity contribution in [3.8, 4) is 5.88 Å². The fourth-order valence-corrected chi connectivity index (χ4v) is 2.14. The van der Waals surface area contributed by atoms with Crippen LogP contribution < -0.4 is 11.2 Å².